The minimum atomic E-state index is -0.305. The Morgan fingerprint density at radius 3 is 2.58 bits per heavy atom. The van der Waals surface area contributed by atoms with Crippen molar-refractivity contribution in [1.82, 2.24) is 4.98 Å². The van der Waals surface area contributed by atoms with Crippen LogP contribution >= 0.6 is 0 Å². The third kappa shape index (κ3) is 3.11. The van der Waals surface area contributed by atoms with E-state index in [1.54, 1.807) is 12.4 Å². The maximum atomic E-state index is 13.5. The van der Waals surface area contributed by atoms with Crippen molar-refractivity contribution in [2.75, 3.05) is 17.4 Å². The summed E-state index contributed by atoms with van der Waals surface area (Å²) in [5, 5.41) is 7.16. The smallest absolute Gasteiger partial charge is 0.231 e. The van der Waals surface area contributed by atoms with E-state index in [0.29, 0.717) is 6.42 Å². The molecule has 154 valence electrons. The van der Waals surface area contributed by atoms with Crippen molar-refractivity contribution in [3.05, 3.63) is 89.9 Å². The number of rotatable bonds is 2. The third-order valence-corrected chi connectivity index (χ3v) is 6.22. The number of anilines is 2. The van der Waals surface area contributed by atoms with Crippen LogP contribution < -0.4 is 20.1 Å². The van der Waals surface area contributed by atoms with Gasteiger partial charge >= 0.3 is 0 Å². The lowest BCUT2D eigenvalue weighted by molar-refractivity contribution is -0.122. The zero-order chi connectivity index (χ0) is 20.8. The second-order valence-corrected chi connectivity index (χ2v) is 8.06. The summed E-state index contributed by atoms with van der Waals surface area (Å²) in [6.45, 7) is 0.239. The van der Waals surface area contributed by atoms with Gasteiger partial charge in [0, 0.05) is 30.4 Å². The van der Waals surface area contributed by atoms with Crippen LogP contribution in [0.3, 0.4) is 0 Å². The van der Waals surface area contributed by atoms with Crippen LogP contribution in [0.1, 0.15) is 29.5 Å². The molecule has 6 rings (SSSR count). The Kier molecular flexibility index (Phi) is 4.16. The number of carbonyl (C=O) groups excluding carboxylic acids is 1. The van der Waals surface area contributed by atoms with E-state index < -0.39 is 0 Å². The molecule has 0 amide bonds. The van der Waals surface area contributed by atoms with Gasteiger partial charge in [-0.3, -0.25) is 9.78 Å². The Labute approximate surface area is 179 Å². The molecule has 31 heavy (non-hydrogen) atoms. The molecule has 0 bridgehead atoms. The first kappa shape index (κ1) is 18.0. The second-order valence-electron chi connectivity index (χ2n) is 8.06. The van der Waals surface area contributed by atoms with Crippen LogP contribution in [0.5, 0.6) is 11.5 Å². The first-order valence-electron chi connectivity index (χ1n) is 10.4. The average molecular weight is 411 g/mol. The Hall–Kier alpha value is -3.80. The number of fused-ring (bicyclic) bond motifs is 3. The third-order valence-electron chi connectivity index (χ3n) is 6.22. The lowest BCUT2D eigenvalue weighted by atomic mass is 9.76. The molecule has 6 nitrogen and oxygen atoms in total. The minimum Gasteiger partial charge on any atom is -0.454 e. The van der Waals surface area contributed by atoms with E-state index in [4.69, 9.17) is 9.47 Å². The summed E-state index contributed by atoms with van der Waals surface area (Å²) >= 11 is 0. The molecule has 2 aromatic carbocycles. The number of ketones is 1. The van der Waals surface area contributed by atoms with Gasteiger partial charge in [-0.1, -0.05) is 24.3 Å². The SMILES string of the molecule is O=C1CC(c2ccc3c(c2)OCO3)C=C2Nc3ccccc3NC(c3ccncc3)C12. The summed E-state index contributed by atoms with van der Waals surface area (Å²) in [6.07, 6.45) is 6.18. The van der Waals surface area contributed by atoms with Crippen molar-refractivity contribution in [3.8, 4) is 11.5 Å². The normalized spacial score (nSPS) is 23.5. The van der Waals surface area contributed by atoms with Gasteiger partial charge in [0.1, 0.15) is 5.78 Å². The predicted molar refractivity (Wildman–Crippen MR) is 117 cm³/mol. The number of hydrogen-bond acceptors (Lipinski definition) is 6. The molecule has 6 heteroatoms. The molecule has 3 heterocycles. The van der Waals surface area contributed by atoms with Crippen molar-refractivity contribution in [1.29, 1.82) is 0 Å². The number of para-hydroxylation sites is 2. The van der Waals surface area contributed by atoms with Crippen molar-refractivity contribution < 1.29 is 14.3 Å². The molecule has 3 unspecified atom stereocenters. The number of aromatic nitrogens is 1. The van der Waals surface area contributed by atoms with Gasteiger partial charge in [0.25, 0.3) is 0 Å². The Morgan fingerprint density at radius 1 is 0.903 bits per heavy atom. The van der Waals surface area contributed by atoms with Gasteiger partial charge < -0.3 is 20.1 Å². The number of ether oxygens (including phenoxy) is 2. The maximum absolute atomic E-state index is 13.5. The number of nitrogens with one attached hydrogen (secondary N) is 2. The van der Waals surface area contributed by atoms with Crippen molar-refractivity contribution >= 4 is 17.2 Å². The van der Waals surface area contributed by atoms with Crippen molar-refractivity contribution in [2.45, 2.75) is 18.4 Å². The number of nitrogens with zero attached hydrogens (tertiary/aromatic N) is 1. The fourth-order valence-electron chi connectivity index (χ4n) is 4.71. The van der Waals surface area contributed by atoms with Gasteiger partial charge in [-0.2, -0.15) is 0 Å². The highest BCUT2D eigenvalue weighted by molar-refractivity contribution is 5.90. The van der Waals surface area contributed by atoms with E-state index in [9.17, 15) is 4.79 Å². The van der Waals surface area contributed by atoms with E-state index in [1.807, 2.05) is 54.6 Å². The quantitative estimate of drug-likeness (QED) is 0.640. The molecule has 2 aliphatic heterocycles. The number of Topliss-reactive ketones (excluding diaryl/α,β-unsaturated/α-hetero) is 1. The second kappa shape index (κ2) is 7.16. The summed E-state index contributed by atoms with van der Waals surface area (Å²) in [6, 6.07) is 17.8. The highest BCUT2D eigenvalue weighted by Gasteiger charge is 2.40. The molecule has 0 saturated heterocycles. The molecule has 2 N–H and O–H groups in total. The summed E-state index contributed by atoms with van der Waals surface area (Å²) in [5.41, 5.74) is 4.97. The van der Waals surface area contributed by atoms with Gasteiger partial charge in [-0.25, -0.2) is 0 Å². The van der Waals surface area contributed by atoms with Gasteiger partial charge in [-0.15, -0.1) is 0 Å². The first-order valence-corrected chi connectivity index (χ1v) is 10.4. The van der Waals surface area contributed by atoms with Crippen LogP contribution in [-0.2, 0) is 4.79 Å². The predicted octanol–water partition coefficient (Wildman–Crippen LogP) is 4.65. The molecule has 3 aliphatic rings. The van der Waals surface area contributed by atoms with Gasteiger partial charge in [0.15, 0.2) is 11.5 Å². The topological polar surface area (TPSA) is 72.5 Å². The van der Waals surface area contributed by atoms with Gasteiger partial charge in [0.2, 0.25) is 6.79 Å². The fourth-order valence-corrected chi connectivity index (χ4v) is 4.71. The van der Waals surface area contributed by atoms with E-state index in [0.717, 1.165) is 39.7 Å². The monoisotopic (exact) mass is 411 g/mol. The van der Waals surface area contributed by atoms with Crippen LogP contribution in [0.15, 0.2) is 78.8 Å². The van der Waals surface area contributed by atoms with Crippen LogP contribution in [-0.4, -0.2) is 17.6 Å². The summed E-state index contributed by atoms with van der Waals surface area (Å²) in [5.74, 6) is 1.36. The molecule has 0 fully saturated rings. The van der Waals surface area contributed by atoms with Crippen LogP contribution in [0.25, 0.3) is 0 Å². The Bertz CT molecular complexity index is 1190. The maximum Gasteiger partial charge on any atom is 0.231 e. The molecular weight excluding hydrogens is 390 g/mol. The van der Waals surface area contributed by atoms with E-state index in [2.05, 4.69) is 21.7 Å². The van der Waals surface area contributed by atoms with Crippen LogP contribution in [0.2, 0.25) is 0 Å². The molecular formula is C25H21N3O3. The molecule has 0 spiro atoms. The molecule has 1 aliphatic carbocycles. The van der Waals surface area contributed by atoms with E-state index in [1.165, 1.54) is 0 Å². The summed E-state index contributed by atoms with van der Waals surface area (Å²) in [4.78, 5) is 17.7. The summed E-state index contributed by atoms with van der Waals surface area (Å²) in [7, 11) is 0. The highest BCUT2D eigenvalue weighted by Crippen LogP contribution is 2.45. The van der Waals surface area contributed by atoms with Crippen molar-refractivity contribution in [2.24, 2.45) is 5.92 Å². The zero-order valence-electron chi connectivity index (χ0n) is 16.7. The average Bonchev–Trinajstić information content (AvgIpc) is 3.20. The number of hydrogen-bond donors (Lipinski definition) is 2. The Morgan fingerprint density at radius 2 is 1.71 bits per heavy atom. The first-order chi connectivity index (χ1) is 15.3. The lowest BCUT2D eigenvalue weighted by Crippen LogP contribution is -2.33. The number of benzene rings is 2. The lowest BCUT2D eigenvalue weighted by Gasteiger charge is -2.32. The van der Waals surface area contributed by atoms with Gasteiger partial charge in [0.05, 0.1) is 23.3 Å². The molecule has 0 saturated carbocycles. The standard InChI is InChI=1S/C25H21N3O3/c29-21-12-17(16-5-6-22-23(13-16)31-14-30-22)11-20-24(21)25(15-7-9-26-10-8-15)28-19-4-2-1-3-18(19)27-20/h1-11,13,17,24-25,27-28H,12,14H2. The molecule has 3 atom stereocenters. The minimum absolute atomic E-state index is 0.0240. The van der Waals surface area contributed by atoms with Crippen LogP contribution in [0.4, 0.5) is 11.4 Å². The number of pyridine rings is 1. The fraction of sp³-hybridized carbons (Fsp3) is 0.200. The summed E-state index contributed by atoms with van der Waals surface area (Å²) < 4.78 is 11.0. The molecule has 0 radical (unpaired) electrons. The highest BCUT2D eigenvalue weighted by atomic mass is 16.7. The molecule has 1 aromatic heterocycles. The van der Waals surface area contributed by atoms with E-state index in [-0.39, 0.29) is 30.5 Å². The number of allylic oxidation sites excluding steroid dienone is 1. The zero-order valence-corrected chi connectivity index (χ0v) is 16.7. The van der Waals surface area contributed by atoms with Gasteiger partial charge in [-0.05, 0) is 47.5 Å². The largest absolute Gasteiger partial charge is 0.454 e. The van der Waals surface area contributed by atoms with Crippen molar-refractivity contribution in [3.63, 3.8) is 0 Å². The number of carbonyl (C=O) groups is 1. The molecule has 3 aromatic rings. The van der Waals surface area contributed by atoms with Crippen LogP contribution in [0, 0.1) is 5.92 Å². The van der Waals surface area contributed by atoms with E-state index >= 15 is 0 Å². The Balaban J connectivity index is 1.44.